The Kier molecular flexibility index (Phi) is 4.97. The molecule has 1 aromatic heterocycles. The standard InChI is InChI=1S/C41H25N/c1-2-10-26(11-3-1)28-19-21-33-34-22-20-29(30-18-8-12-27-13-9-23-42-41(27)30)25-38(34)40-36-17-7-5-15-32(36)31-14-4-6-16-35(31)39(40)37(33)24-28/h1-25H. The molecular formula is C41H25N. The van der Waals surface area contributed by atoms with Crippen molar-refractivity contribution >= 4 is 64.8 Å². The van der Waals surface area contributed by atoms with Crippen molar-refractivity contribution in [2.24, 2.45) is 0 Å². The largest absolute Gasteiger partial charge is 0.256 e. The van der Waals surface area contributed by atoms with Crippen LogP contribution in [0.3, 0.4) is 0 Å². The quantitative estimate of drug-likeness (QED) is 0.202. The Morgan fingerprint density at radius 2 is 0.881 bits per heavy atom. The van der Waals surface area contributed by atoms with Crippen molar-refractivity contribution in [2.45, 2.75) is 0 Å². The molecule has 0 aliphatic carbocycles. The van der Waals surface area contributed by atoms with E-state index in [9.17, 15) is 0 Å². The molecule has 1 heterocycles. The number of rotatable bonds is 2. The first-order valence-electron chi connectivity index (χ1n) is 14.5. The Labute approximate surface area is 243 Å². The van der Waals surface area contributed by atoms with Crippen molar-refractivity contribution in [3.63, 3.8) is 0 Å². The summed E-state index contributed by atoms with van der Waals surface area (Å²) in [7, 11) is 0. The Balaban J connectivity index is 1.50. The Bertz CT molecular complexity index is 2500. The minimum absolute atomic E-state index is 1.03. The van der Waals surface area contributed by atoms with E-state index in [2.05, 4.69) is 140 Å². The number of benzene rings is 8. The van der Waals surface area contributed by atoms with Gasteiger partial charge in [-0.15, -0.1) is 0 Å². The van der Waals surface area contributed by atoms with Crippen molar-refractivity contribution in [3.05, 3.63) is 152 Å². The van der Waals surface area contributed by atoms with Crippen molar-refractivity contribution in [3.8, 4) is 22.3 Å². The molecule has 0 N–H and O–H groups in total. The maximum Gasteiger partial charge on any atom is 0.0780 e. The summed E-state index contributed by atoms with van der Waals surface area (Å²) in [5, 5.41) is 14.1. The van der Waals surface area contributed by atoms with E-state index in [1.807, 2.05) is 12.3 Å². The first kappa shape index (κ1) is 23.2. The molecule has 0 bridgehead atoms. The molecule has 9 aromatic rings. The van der Waals surface area contributed by atoms with Crippen LogP contribution >= 0.6 is 0 Å². The summed E-state index contributed by atoms with van der Waals surface area (Å²) in [6, 6.07) is 53.1. The fraction of sp³-hybridized carbons (Fsp3) is 0. The molecule has 194 valence electrons. The summed E-state index contributed by atoms with van der Waals surface area (Å²) in [6.45, 7) is 0. The van der Waals surface area contributed by atoms with Gasteiger partial charge < -0.3 is 0 Å². The number of para-hydroxylation sites is 1. The molecule has 0 radical (unpaired) electrons. The highest BCUT2D eigenvalue weighted by molar-refractivity contribution is 6.39. The summed E-state index contributed by atoms with van der Waals surface area (Å²) in [5.41, 5.74) is 5.85. The molecule has 9 rings (SSSR count). The minimum Gasteiger partial charge on any atom is -0.256 e. The van der Waals surface area contributed by atoms with Gasteiger partial charge >= 0.3 is 0 Å². The van der Waals surface area contributed by atoms with Crippen LogP contribution in [0, 0.1) is 0 Å². The van der Waals surface area contributed by atoms with Gasteiger partial charge in [-0.05, 0) is 88.8 Å². The zero-order valence-electron chi connectivity index (χ0n) is 22.9. The summed E-state index contributed by atoms with van der Waals surface area (Å²) >= 11 is 0. The number of hydrogen-bond donors (Lipinski definition) is 0. The van der Waals surface area contributed by atoms with Gasteiger partial charge in [0.2, 0.25) is 0 Å². The van der Waals surface area contributed by atoms with Crippen molar-refractivity contribution < 1.29 is 0 Å². The van der Waals surface area contributed by atoms with Crippen LogP contribution in [0.25, 0.3) is 87.0 Å². The monoisotopic (exact) mass is 531 g/mol. The SMILES string of the molecule is c1ccc(-c2ccc3c4ccc(-c5cccc6cccnc56)cc4c4c5ccccc5c5ccccc5c4c3c2)cc1. The van der Waals surface area contributed by atoms with Crippen LogP contribution in [-0.4, -0.2) is 4.98 Å². The van der Waals surface area contributed by atoms with Crippen LogP contribution in [0.1, 0.15) is 0 Å². The number of hydrogen-bond acceptors (Lipinski definition) is 1. The van der Waals surface area contributed by atoms with E-state index in [-0.39, 0.29) is 0 Å². The molecule has 0 saturated carbocycles. The van der Waals surface area contributed by atoms with E-state index in [0.717, 1.165) is 16.5 Å². The molecule has 0 spiro atoms. The molecule has 0 aliphatic rings. The molecule has 0 saturated heterocycles. The molecule has 8 aromatic carbocycles. The molecule has 0 amide bonds. The second-order valence-corrected chi connectivity index (χ2v) is 11.1. The van der Waals surface area contributed by atoms with Gasteiger partial charge in [0, 0.05) is 17.1 Å². The van der Waals surface area contributed by atoms with Gasteiger partial charge in [0.1, 0.15) is 0 Å². The van der Waals surface area contributed by atoms with Crippen molar-refractivity contribution in [1.82, 2.24) is 4.98 Å². The average Bonchev–Trinajstić information content (AvgIpc) is 3.07. The second kappa shape index (κ2) is 8.99. The highest BCUT2D eigenvalue weighted by Gasteiger charge is 2.17. The lowest BCUT2D eigenvalue weighted by Crippen LogP contribution is -1.90. The van der Waals surface area contributed by atoms with Gasteiger partial charge in [0.15, 0.2) is 0 Å². The van der Waals surface area contributed by atoms with E-state index in [1.165, 1.54) is 70.6 Å². The van der Waals surface area contributed by atoms with Gasteiger partial charge in [-0.3, -0.25) is 4.98 Å². The zero-order chi connectivity index (χ0) is 27.6. The number of pyridine rings is 1. The highest BCUT2D eigenvalue weighted by atomic mass is 14.6. The maximum absolute atomic E-state index is 4.78. The summed E-state index contributed by atoms with van der Waals surface area (Å²) in [4.78, 5) is 4.78. The molecule has 0 atom stereocenters. The fourth-order valence-electron chi connectivity index (χ4n) is 6.99. The van der Waals surface area contributed by atoms with E-state index >= 15 is 0 Å². The Morgan fingerprint density at radius 3 is 1.57 bits per heavy atom. The minimum atomic E-state index is 1.03. The average molecular weight is 532 g/mol. The molecule has 0 fully saturated rings. The predicted octanol–water partition coefficient (Wildman–Crippen LogP) is 11.3. The fourth-order valence-corrected chi connectivity index (χ4v) is 6.99. The Hall–Kier alpha value is -5.53. The Morgan fingerprint density at radius 1 is 0.333 bits per heavy atom. The second-order valence-electron chi connectivity index (χ2n) is 11.1. The summed E-state index contributed by atoms with van der Waals surface area (Å²) in [5.74, 6) is 0. The topological polar surface area (TPSA) is 12.9 Å². The highest BCUT2D eigenvalue weighted by Crippen LogP contribution is 2.45. The molecule has 1 heteroatoms. The van der Waals surface area contributed by atoms with Crippen LogP contribution in [0.15, 0.2) is 152 Å². The lowest BCUT2D eigenvalue weighted by Gasteiger charge is -2.18. The first-order valence-corrected chi connectivity index (χ1v) is 14.5. The molecule has 42 heavy (non-hydrogen) atoms. The third-order valence-electron chi connectivity index (χ3n) is 8.85. The van der Waals surface area contributed by atoms with Crippen LogP contribution in [-0.2, 0) is 0 Å². The normalized spacial score (nSPS) is 11.8. The van der Waals surface area contributed by atoms with Crippen LogP contribution < -0.4 is 0 Å². The lowest BCUT2D eigenvalue weighted by atomic mass is 9.85. The lowest BCUT2D eigenvalue weighted by molar-refractivity contribution is 1.41. The van der Waals surface area contributed by atoms with Gasteiger partial charge in [-0.1, -0.05) is 127 Å². The van der Waals surface area contributed by atoms with E-state index < -0.39 is 0 Å². The molecular weight excluding hydrogens is 506 g/mol. The smallest absolute Gasteiger partial charge is 0.0780 e. The van der Waals surface area contributed by atoms with Crippen LogP contribution in [0.5, 0.6) is 0 Å². The third-order valence-corrected chi connectivity index (χ3v) is 8.85. The first-order chi connectivity index (χ1) is 20.8. The van der Waals surface area contributed by atoms with Gasteiger partial charge in [-0.25, -0.2) is 0 Å². The van der Waals surface area contributed by atoms with E-state index in [1.54, 1.807) is 0 Å². The molecule has 1 nitrogen and oxygen atoms in total. The zero-order valence-corrected chi connectivity index (χ0v) is 22.9. The molecule has 0 unspecified atom stereocenters. The molecule has 0 aliphatic heterocycles. The van der Waals surface area contributed by atoms with Gasteiger partial charge in [0.25, 0.3) is 0 Å². The summed E-state index contributed by atoms with van der Waals surface area (Å²) in [6.07, 6.45) is 1.89. The number of aromatic nitrogens is 1. The van der Waals surface area contributed by atoms with E-state index in [0.29, 0.717) is 0 Å². The van der Waals surface area contributed by atoms with Crippen molar-refractivity contribution in [1.29, 1.82) is 0 Å². The maximum atomic E-state index is 4.78. The number of fused-ring (bicyclic) bond motifs is 12. The van der Waals surface area contributed by atoms with Gasteiger partial charge in [0.05, 0.1) is 5.52 Å². The van der Waals surface area contributed by atoms with Crippen molar-refractivity contribution in [2.75, 3.05) is 0 Å². The third kappa shape index (κ3) is 3.34. The van der Waals surface area contributed by atoms with E-state index in [4.69, 9.17) is 4.98 Å². The number of nitrogens with zero attached hydrogens (tertiary/aromatic N) is 1. The van der Waals surface area contributed by atoms with Crippen LogP contribution in [0.2, 0.25) is 0 Å². The predicted molar refractivity (Wildman–Crippen MR) is 180 cm³/mol. The van der Waals surface area contributed by atoms with Gasteiger partial charge in [-0.2, -0.15) is 0 Å². The van der Waals surface area contributed by atoms with Crippen LogP contribution in [0.4, 0.5) is 0 Å². The summed E-state index contributed by atoms with van der Waals surface area (Å²) < 4.78 is 0.